The van der Waals surface area contributed by atoms with Gasteiger partial charge in [-0.05, 0) is 48.1 Å². The van der Waals surface area contributed by atoms with Crippen LogP contribution in [-0.4, -0.2) is 20.8 Å². The third-order valence-electron chi connectivity index (χ3n) is 3.97. The Kier molecular flexibility index (Phi) is 4.00. The van der Waals surface area contributed by atoms with Crippen molar-refractivity contribution >= 4 is 5.69 Å². The van der Waals surface area contributed by atoms with Crippen molar-refractivity contribution in [3.8, 4) is 11.5 Å². The molecule has 1 aliphatic rings. The maximum atomic E-state index is 5.35. The van der Waals surface area contributed by atoms with Crippen LogP contribution in [0.15, 0.2) is 36.4 Å². The van der Waals surface area contributed by atoms with Gasteiger partial charge >= 0.3 is 0 Å². The lowest BCUT2D eigenvalue weighted by Crippen LogP contribution is -2.13. The first-order valence-electron chi connectivity index (χ1n) is 7.37. The average molecular weight is 283 g/mol. The normalized spacial score (nSPS) is 13.2. The lowest BCUT2D eigenvalue weighted by atomic mass is 9.95. The summed E-state index contributed by atoms with van der Waals surface area (Å²) in [6.45, 7) is 1.06. The van der Waals surface area contributed by atoms with Crippen LogP contribution in [0.5, 0.6) is 11.5 Å². The molecule has 0 radical (unpaired) electrons. The Labute approximate surface area is 125 Å². The molecule has 0 fully saturated rings. The molecular formula is C18H21NO2. The first-order valence-corrected chi connectivity index (χ1v) is 7.37. The molecule has 0 saturated heterocycles. The highest BCUT2D eigenvalue weighted by atomic mass is 16.5. The summed E-state index contributed by atoms with van der Waals surface area (Å²) in [5.74, 6) is 1.67. The van der Waals surface area contributed by atoms with Crippen molar-refractivity contribution in [2.75, 3.05) is 26.1 Å². The highest BCUT2D eigenvalue weighted by molar-refractivity contribution is 5.60. The molecule has 3 heteroatoms. The van der Waals surface area contributed by atoms with E-state index in [-0.39, 0.29) is 0 Å². The minimum Gasteiger partial charge on any atom is -0.497 e. The number of ether oxygens (including phenoxy) is 2. The predicted molar refractivity (Wildman–Crippen MR) is 85.6 cm³/mol. The standard InChI is InChI=1S/C18H21NO2/c1-20-16-10-13(11-17(12-16)21-2)9-15-6-3-5-14-7-4-8-19-18(14)15/h3,5-6,10-12,19H,4,7-9H2,1-2H3. The van der Waals surface area contributed by atoms with E-state index in [4.69, 9.17) is 9.47 Å². The molecule has 1 heterocycles. The number of aryl methyl sites for hydroxylation is 1. The van der Waals surface area contributed by atoms with E-state index in [1.165, 1.54) is 28.8 Å². The number of rotatable bonds is 4. The zero-order valence-electron chi connectivity index (χ0n) is 12.6. The Morgan fingerprint density at radius 2 is 1.81 bits per heavy atom. The molecule has 3 nitrogen and oxygen atoms in total. The summed E-state index contributed by atoms with van der Waals surface area (Å²) in [4.78, 5) is 0. The quantitative estimate of drug-likeness (QED) is 0.929. The van der Waals surface area contributed by atoms with E-state index >= 15 is 0 Å². The Bertz CT molecular complexity index is 615. The second kappa shape index (κ2) is 6.08. The highest BCUT2D eigenvalue weighted by Crippen LogP contribution is 2.30. The van der Waals surface area contributed by atoms with Gasteiger partial charge in [0.05, 0.1) is 14.2 Å². The fourth-order valence-corrected chi connectivity index (χ4v) is 2.92. The van der Waals surface area contributed by atoms with Gasteiger partial charge < -0.3 is 14.8 Å². The zero-order valence-corrected chi connectivity index (χ0v) is 12.6. The molecule has 0 aliphatic carbocycles. The summed E-state index contributed by atoms with van der Waals surface area (Å²) in [6, 6.07) is 12.6. The third-order valence-corrected chi connectivity index (χ3v) is 3.97. The number of hydrogen-bond donors (Lipinski definition) is 1. The fraction of sp³-hybridized carbons (Fsp3) is 0.333. The first kappa shape index (κ1) is 13.8. The molecule has 3 rings (SSSR count). The number of hydrogen-bond acceptors (Lipinski definition) is 3. The Balaban J connectivity index is 1.93. The summed E-state index contributed by atoms with van der Waals surface area (Å²) in [7, 11) is 3.37. The first-order chi connectivity index (χ1) is 10.3. The maximum Gasteiger partial charge on any atom is 0.122 e. The second-order valence-corrected chi connectivity index (χ2v) is 5.38. The van der Waals surface area contributed by atoms with E-state index in [0.717, 1.165) is 30.9 Å². The number of anilines is 1. The van der Waals surface area contributed by atoms with Crippen LogP contribution in [0.25, 0.3) is 0 Å². The molecule has 21 heavy (non-hydrogen) atoms. The van der Waals surface area contributed by atoms with Gasteiger partial charge in [0, 0.05) is 18.3 Å². The van der Waals surface area contributed by atoms with Crippen LogP contribution in [0, 0.1) is 0 Å². The van der Waals surface area contributed by atoms with Gasteiger partial charge in [0.15, 0.2) is 0 Å². The Morgan fingerprint density at radius 1 is 1.05 bits per heavy atom. The molecule has 1 aliphatic heterocycles. The van der Waals surface area contributed by atoms with Crippen LogP contribution >= 0.6 is 0 Å². The summed E-state index contributed by atoms with van der Waals surface area (Å²) >= 11 is 0. The van der Waals surface area contributed by atoms with E-state index in [2.05, 4.69) is 35.6 Å². The summed E-state index contributed by atoms with van der Waals surface area (Å²) < 4.78 is 10.7. The maximum absolute atomic E-state index is 5.35. The van der Waals surface area contributed by atoms with Crippen molar-refractivity contribution in [2.45, 2.75) is 19.3 Å². The Morgan fingerprint density at radius 3 is 2.52 bits per heavy atom. The van der Waals surface area contributed by atoms with Crippen molar-refractivity contribution in [3.63, 3.8) is 0 Å². The lowest BCUT2D eigenvalue weighted by Gasteiger charge is -2.21. The smallest absolute Gasteiger partial charge is 0.122 e. The van der Waals surface area contributed by atoms with Crippen LogP contribution in [-0.2, 0) is 12.8 Å². The van der Waals surface area contributed by atoms with Crippen molar-refractivity contribution in [3.05, 3.63) is 53.1 Å². The van der Waals surface area contributed by atoms with E-state index in [9.17, 15) is 0 Å². The Hall–Kier alpha value is -2.16. The van der Waals surface area contributed by atoms with E-state index in [1.54, 1.807) is 14.2 Å². The molecule has 0 saturated carbocycles. The second-order valence-electron chi connectivity index (χ2n) is 5.38. The van der Waals surface area contributed by atoms with Gasteiger partial charge in [-0.15, -0.1) is 0 Å². The summed E-state index contributed by atoms with van der Waals surface area (Å²) in [6.07, 6.45) is 3.25. The number of para-hydroxylation sites is 1. The minimum atomic E-state index is 0.835. The van der Waals surface area contributed by atoms with Gasteiger partial charge in [-0.1, -0.05) is 18.2 Å². The van der Waals surface area contributed by atoms with Crippen LogP contribution in [0.2, 0.25) is 0 Å². The largest absolute Gasteiger partial charge is 0.497 e. The van der Waals surface area contributed by atoms with E-state index in [0.29, 0.717) is 0 Å². The van der Waals surface area contributed by atoms with Crippen LogP contribution in [0.3, 0.4) is 0 Å². The SMILES string of the molecule is COc1cc(Cc2cccc3c2NCCC3)cc(OC)c1. The van der Waals surface area contributed by atoms with Crippen molar-refractivity contribution in [2.24, 2.45) is 0 Å². The monoisotopic (exact) mass is 283 g/mol. The molecule has 0 amide bonds. The van der Waals surface area contributed by atoms with Gasteiger partial charge in [0.2, 0.25) is 0 Å². The molecule has 0 atom stereocenters. The molecule has 1 N–H and O–H groups in total. The van der Waals surface area contributed by atoms with Gasteiger partial charge in [-0.3, -0.25) is 0 Å². The molecule has 0 aromatic heterocycles. The topological polar surface area (TPSA) is 30.5 Å². The predicted octanol–water partition coefficient (Wildman–Crippen LogP) is 3.65. The minimum absolute atomic E-state index is 0.835. The van der Waals surface area contributed by atoms with Crippen LogP contribution < -0.4 is 14.8 Å². The molecule has 110 valence electrons. The molecule has 0 unspecified atom stereocenters. The van der Waals surface area contributed by atoms with E-state index in [1.807, 2.05) is 6.07 Å². The van der Waals surface area contributed by atoms with E-state index < -0.39 is 0 Å². The number of nitrogens with one attached hydrogen (secondary N) is 1. The van der Waals surface area contributed by atoms with Gasteiger partial charge in [0.1, 0.15) is 11.5 Å². The molecule has 2 aromatic rings. The van der Waals surface area contributed by atoms with Gasteiger partial charge in [-0.25, -0.2) is 0 Å². The highest BCUT2D eigenvalue weighted by Gasteiger charge is 2.13. The van der Waals surface area contributed by atoms with Crippen molar-refractivity contribution in [1.82, 2.24) is 0 Å². The molecule has 0 spiro atoms. The number of benzene rings is 2. The lowest BCUT2D eigenvalue weighted by molar-refractivity contribution is 0.393. The average Bonchev–Trinajstić information content (AvgIpc) is 2.55. The summed E-state index contributed by atoms with van der Waals surface area (Å²) in [5, 5.41) is 3.55. The third kappa shape index (κ3) is 2.97. The molecule has 2 aromatic carbocycles. The number of fused-ring (bicyclic) bond motifs is 1. The fourth-order valence-electron chi connectivity index (χ4n) is 2.92. The summed E-state index contributed by atoms with van der Waals surface area (Å²) in [5.41, 5.74) is 5.27. The van der Waals surface area contributed by atoms with Crippen molar-refractivity contribution < 1.29 is 9.47 Å². The molecular weight excluding hydrogens is 262 g/mol. The molecule has 0 bridgehead atoms. The van der Waals surface area contributed by atoms with Gasteiger partial charge in [-0.2, -0.15) is 0 Å². The van der Waals surface area contributed by atoms with Gasteiger partial charge in [0.25, 0.3) is 0 Å². The number of methoxy groups -OCH3 is 2. The van der Waals surface area contributed by atoms with Crippen LogP contribution in [0.4, 0.5) is 5.69 Å². The van der Waals surface area contributed by atoms with Crippen LogP contribution in [0.1, 0.15) is 23.1 Å². The zero-order chi connectivity index (χ0) is 14.7. The van der Waals surface area contributed by atoms with Crippen molar-refractivity contribution in [1.29, 1.82) is 0 Å².